The summed E-state index contributed by atoms with van der Waals surface area (Å²) in [7, 11) is 4.04. The summed E-state index contributed by atoms with van der Waals surface area (Å²) in [6, 6.07) is 5.76. The van der Waals surface area contributed by atoms with E-state index in [-0.39, 0.29) is 0 Å². The van der Waals surface area contributed by atoms with Crippen LogP contribution in [0.1, 0.15) is 13.3 Å². The molecular formula is C14H21N3O2. The number of aromatic amines is 1. The molecule has 0 aliphatic heterocycles. The zero-order valence-electron chi connectivity index (χ0n) is 11.7. The lowest BCUT2D eigenvalue weighted by atomic mass is 10.1. The Labute approximate surface area is 112 Å². The van der Waals surface area contributed by atoms with Crippen LogP contribution >= 0.6 is 0 Å². The van der Waals surface area contributed by atoms with Crippen LogP contribution in [-0.2, 0) is 0 Å². The summed E-state index contributed by atoms with van der Waals surface area (Å²) in [6.07, 6.45) is 1.13. The van der Waals surface area contributed by atoms with Crippen molar-refractivity contribution in [3.05, 3.63) is 28.7 Å². The number of H-pyrrole nitrogens is 1. The zero-order valence-corrected chi connectivity index (χ0v) is 11.7. The zero-order chi connectivity index (χ0) is 13.8. The third kappa shape index (κ3) is 3.17. The Kier molecular flexibility index (Phi) is 4.27. The van der Waals surface area contributed by atoms with E-state index in [4.69, 9.17) is 4.42 Å². The van der Waals surface area contributed by atoms with Crippen molar-refractivity contribution in [2.75, 3.05) is 32.1 Å². The number of benzene rings is 1. The number of hydrogen-bond acceptors (Lipinski definition) is 4. The number of nitrogens with one attached hydrogen (secondary N) is 2. The van der Waals surface area contributed by atoms with Gasteiger partial charge < -0.3 is 14.6 Å². The standard InChI is InChI=1S/C14H21N3O2/c1-4-10(8-15-2)9-17(3)11-5-6-13-12(7-11)16-14(18)19-13/h5-7,10,15H,4,8-9H2,1-3H3,(H,16,18). The molecule has 0 saturated heterocycles. The van der Waals surface area contributed by atoms with E-state index in [0.717, 1.165) is 30.7 Å². The third-order valence-electron chi connectivity index (χ3n) is 3.45. The van der Waals surface area contributed by atoms with E-state index in [0.29, 0.717) is 11.5 Å². The van der Waals surface area contributed by atoms with Gasteiger partial charge in [0.25, 0.3) is 0 Å². The van der Waals surface area contributed by atoms with Gasteiger partial charge in [0.05, 0.1) is 5.52 Å². The van der Waals surface area contributed by atoms with Gasteiger partial charge in [-0.15, -0.1) is 0 Å². The Morgan fingerprint density at radius 3 is 2.95 bits per heavy atom. The van der Waals surface area contributed by atoms with Crippen molar-refractivity contribution in [1.82, 2.24) is 10.3 Å². The average Bonchev–Trinajstić information content (AvgIpc) is 2.76. The van der Waals surface area contributed by atoms with Gasteiger partial charge in [0.2, 0.25) is 0 Å². The topological polar surface area (TPSA) is 61.3 Å². The predicted molar refractivity (Wildman–Crippen MR) is 77.8 cm³/mol. The molecule has 0 aliphatic carbocycles. The summed E-state index contributed by atoms with van der Waals surface area (Å²) >= 11 is 0. The second-order valence-electron chi connectivity index (χ2n) is 4.91. The van der Waals surface area contributed by atoms with E-state index < -0.39 is 5.76 Å². The molecule has 5 heteroatoms. The van der Waals surface area contributed by atoms with Gasteiger partial charge in [0.15, 0.2) is 5.58 Å². The SMILES string of the molecule is CCC(CNC)CN(C)c1ccc2oc(=O)[nH]c2c1. The summed E-state index contributed by atoms with van der Waals surface area (Å²) in [4.78, 5) is 16.0. The molecule has 0 fully saturated rings. The largest absolute Gasteiger partial charge is 0.417 e. The maximum absolute atomic E-state index is 11.1. The lowest BCUT2D eigenvalue weighted by molar-refractivity contribution is 0.485. The minimum atomic E-state index is -0.406. The van der Waals surface area contributed by atoms with E-state index in [1.54, 1.807) is 0 Å². The number of aromatic nitrogens is 1. The van der Waals surface area contributed by atoms with Crippen molar-refractivity contribution in [3.8, 4) is 0 Å². The number of fused-ring (bicyclic) bond motifs is 1. The molecule has 1 aromatic heterocycles. The molecule has 0 bridgehead atoms. The van der Waals surface area contributed by atoms with Crippen LogP contribution in [-0.4, -0.2) is 32.2 Å². The highest BCUT2D eigenvalue weighted by Crippen LogP contribution is 2.20. The average molecular weight is 263 g/mol. The summed E-state index contributed by atoms with van der Waals surface area (Å²) in [5.41, 5.74) is 2.43. The minimum absolute atomic E-state index is 0.406. The molecule has 0 spiro atoms. The van der Waals surface area contributed by atoms with Gasteiger partial charge in [-0.25, -0.2) is 4.79 Å². The van der Waals surface area contributed by atoms with Gasteiger partial charge in [-0.05, 0) is 37.7 Å². The first-order valence-corrected chi connectivity index (χ1v) is 6.62. The van der Waals surface area contributed by atoms with E-state index in [1.807, 2.05) is 25.2 Å². The highest BCUT2D eigenvalue weighted by molar-refractivity contribution is 5.77. The molecular weight excluding hydrogens is 242 g/mol. The molecule has 104 valence electrons. The maximum atomic E-state index is 11.1. The molecule has 2 N–H and O–H groups in total. The van der Waals surface area contributed by atoms with Crippen LogP contribution in [0, 0.1) is 5.92 Å². The Morgan fingerprint density at radius 2 is 2.26 bits per heavy atom. The first kappa shape index (κ1) is 13.7. The molecule has 1 heterocycles. The summed E-state index contributed by atoms with van der Waals surface area (Å²) in [5.74, 6) is 0.200. The van der Waals surface area contributed by atoms with Crippen molar-refractivity contribution in [1.29, 1.82) is 0 Å². The molecule has 2 aromatic rings. The fourth-order valence-corrected chi connectivity index (χ4v) is 2.30. The fourth-order valence-electron chi connectivity index (χ4n) is 2.30. The van der Waals surface area contributed by atoms with Gasteiger partial charge >= 0.3 is 5.76 Å². The predicted octanol–water partition coefficient (Wildman–Crippen LogP) is 1.80. The van der Waals surface area contributed by atoms with Crippen LogP contribution in [0.2, 0.25) is 0 Å². The number of anilines is 1. The minimum Gasteiger partial charge on any atom is -0.408 e. The number of rotatable bonds is 6. The molecule has 0 radical (unpaired) electrons. The van der Waals surface area contributed by atoms with Gasteiger partial charge in [-0.1, -0.05) is 13.3 Å². The number of oxazole rings is 1. The third-order valence-corrected chi connectivity index (χ3v) is 3.45. The highest BCUT2D eigenvalue weighted by Gasteiger charge is 2.11. The molecule has 0 saturated carbocycles. The van der Waals surface area contributed by atoms with Crippen molar-refractivity contribution in [2.24, 2.45) is 5.92 Å². The van der Waals surface area contributed by atoms with Gasteiger partial charge in [-0.3, -0.25) is 4.98 Å². The van der Waals surface area contributed by atoms with Crippen molar-refractivity contribution in [3.63, 3.8) is 0 Å². The summed E-state index contributed by atoms with van der Waals surface area (Å²) in [5, 5.41) is 3.22. The van der Waals surface area contributed by atoms with E-state index >= 15 is 0 Å². The van der Waals surface area contributed by atoms with Gasteiger partial charge in [0, 0.05) is 19.3 Å². The van der Waals surface area contributed by atoms with Crippen molar-refractivity contribution >= 4 is 16.8 Å². The molecule has 2 rings (SSSR count). The molecule has 0 amide bonds. The Bertz CT molecular complexity index is 588. The molecule has 0 aliphatic rings. The van der Waals surface area contributed by atoms with E-state index in [2.05, 4.69) is 29.2 Å². The monoisotopic (exact) mass is 263 g/mol. The van der Waals surface area contributed by atoms with Crippen molar-refractivity contribution < 1.29 is 4.42 Å². The van der Waals surface area contributed by atoms with E-state index in [9.17, 15) is 4.79 Å². The Balaban J connectivity index is 2.15. The second-order valence-corrected chi connectivity index (χ2v) is 4.91. The smallest absolute Gasteiger partial charge is 0.408 e. The lowest BCUT2D eigenvalue weighted by Crippen LogP contribution is -2.30. The van der Waals surface area contributed by atoms with Gasteiger partial charge in [0.1, 0.15) is 0 Å². The number of hydrogen-bond donors (Lipinski definition) is 2. The fraction of sp³-hybridized carbons (Fsp3) is 0.500. The van der Waals surface area contributed by atoms with Crippen molar-refractivity contribution in [2.45, 2.75) is 13.3 Å². The molecule has 1 aromatic carbocycles. The maximum Gasteiger partial charge on any atom is 0.417 e. The molecule has 19 heavy (non-hydrogen) atoms. The first-order chi connectivity index (χ1) is 9.13. The van der Waals surface area contributed by atoms with Crippen LogP contribution in [0.3, 0.4) is 0 Å². The summed E-state index contributed by atoms with van der Waals surface area (Å²) < 4.78 is 5.00. The molecule has 1 unspecified atom stereocenters. The number of nitrogens with zero attached hydrogens (tertiary/aromatic N) is 1. The highest BCUT2D eigenvalue weighted by atomic mass is 16.4. The Hall–Kier alpha value is -1.75. The lowest BCUT2D eigenvalue weighted by Gasteiger charge is -2.25. The molecule has 1 atom stereocenters. The van der Waals surface area contributed by atoms with Crippen LogP contribution < -0.4 is 16.0 Å². The van der Waals surface area contributed by atoms with Gasteiger partial charge in [-0.2, -0.15) is 0 Å². The first-order valence-electron chi connectivity index (χ1n) is 6.62. The van der Waals surface area contributed by atoms with Crippen LogP contribution in [0.25, 0.3) is 11.1 Å². The quantitative estimate of drug-likeness (QED) is 0.834. The Morgan fingerprint density at radius 1 is 1.47 bits per heavy atom. The molecule has 5 nitrogen and oxygen atoms in total. The van der Waals surface area contributed by atoms with E-state index in [1.165, 1.54) is 0 Å². The van der Waals surface area contributed by atoms with Crippen LogP contribution in [0.4, 0.5) is 5.69 Å². The van der Waals surface area contributed by atoms with Crippen LogP contribution in [0.5, 0.6) is 0 Å². The summed E-state index contributed by atoms with van der Waals surface area (Å²) in [6.45, 7) is 4.18. The van der Waals surface area contributed by atoms with Crippen LogP contribution in [0.15, 0.2) is 27.4 Å². The normalized spacial score (nSPS) is 12.8. The second kappa shape index (κ2) is 5.93.